The Hall–Kier alpha value is -2.27. The number of ether oxygens (including phenoxy) is 2. The quantitative estimate of drug-likeness (QED) is 0.263. The second-order valence-electron chi connectivity index (χ2n) is 14.8. The van der Waals surface area contributed by atoms with Crippen molar-refractivity contribution in [1.29, 1.82) is 0 Å². The van der Waals surface area contributed by atoms with Gasteiger partial charge in [0.05, 0.1) is 13.2 Å². The van der Waals surface area contributed by atoms with Crippen molar-refractivity contribution >= 4 is 31.5 Å². The van der Waals surface area contributed by atoms with Crippen LogP contribution in [-0.4, -0.2) is 67.2 Å². The first-order valence-corrected chi connectivity index (χ1v) is 18.4. The van der Waals surface area contributed by atoms with Crippen LogP contribution in [0.4, 0.5) is 0 Å². The van der Waals surface area contributed by atoms with Crippen LogP contribution in [0.3, 0.4) is 0 Å². The molecule has 1 fully saturated rings. The van der Waals surface area contributed by atoms with Crippen molar-refractivity contribution in [2.75, 3.05) is 20.3 Å². The predicted molar refractivity (Wildman–Crippen MR) is 170 cm³/mol. The van der Waals surface area contributed by atoms with E-state index in [1.54, 1.807) is 30.3 Å². The summed E-state index contributed by atoms with van der Waals surface area (Å²) in [6.07, 6.45) is 1.68. The molecule has 42 heavy (non-hydrogen) atoms. The van der Waals surface area contributed by atoms with Crippen molar-refractivity contribution in [3.63, 3.8) is 0 Å². The van der Waals surface area contributed by atoms with E-state index in [2.05, 4.69) is 59.6 Å². The van der Waals surface area contributed by atoms with Crippen molar-refractivity contribution in [3.8, 4) is 5.75 Å². The SMILES string of the molecule is COc1cc(C(=O)N2[C@H](C(=O)OC(C)(C)C)[C@@H](CO[Si](C)(C)C(C)(C)C)[C@H](CO)[C@@H]2c2nccs2)ccc1C(C)(C)C. The van der Waals surface area contributed by atoms with Gasteiger partial charge in [-0.05, 0) is 62.0 Å². The molecule has 10 heteroatoms. The van der Waals surface area contributed by atoms with Crippen molar-refractivity contribution in [3.05, 3.63) is 45.9 Å². The Kier molecular flexibility index (Phi) is 10.1. The minimum atomic E-state index is -2.23. The first-order chi connectivity index (χ1) is 19.2. The molecule has 0 unspecified atom stereocenters. The molecule has 0 spiro atoms. The molecule has 234 valence electrons. The maximum atomic E-state index is 14.6. The zero-order valence-corrected chi connectivity index (χ0v) is 29.2. The molecule has 0 bridgehead atoms. The van der Waals surface area contributed by atoms with Crippen molar-refractivity contribution in [1.82, 2.24) is 9.88 Å². The lowest BCUT2D eigenvalue weighted by atomic mass is 9.85. The van der Waals surface area contributed by atoms with Crippen LogP contribution in [0.5, 0.6) is 5.75 Å². The Morgan fingerprint density at radius 1 is 1.05 bits per heavy atom. The molecule has 0 aliphatic carbocycles. The van der Waals surface area contributed by atoms with E-state index in [9.17, 15) is 14.7 Å². The van der Waals surface area contributed by atoms with Gasteiger partial charge in [-0.1, -0.05) is 47.6 Å². The number of rotatable bonds is 8. The number of esters is 1. The molecule has 2 heterocycles. The monoisotopic (exact) mass is 618 g/mol. The molecule has 1 N–H and O–H groups in total. The summed E-state index contributed by atoms with van der Waals surface area (Å²) in [6.45, 7) is 22.4. The van der Waals surface area contributed by atoms with E-state index < -0.39 is 43.8 Å². The van der Waals surface area contributed by atoms with Gasteiger partial charge in [0.2, 0.25) is 0 Å². The Morgan fingerprint density at radius 2 is 1.69 bits per heavy atom. The Morgan fingerprint density at radius 3 is 2.17 bits per heavy atom. The third-order valence-corrected chi connectivity index (χ3v) is 13.8. The normalized spacial score (nSPS) is 21.9. The minimum absolute atomic E-state index is 0.0582. The number of aliphatic hydroxyl groups excluding tert-OH is 1. The highest BCUT2D eigenvalue weighted by Gasteiger charge is 2.57. The van der Waals surface area contributed by atoms with Gasteiger partial charge in [-0.15, -0.1) is 11.3 Å². The van der Waals surface area contributed by atoms with Gasteiger partial charge in [0.15, 0.2) is 8.32 Å². The molecule has 4 atom stereocenters. The molecule has 0 radical (unpaired) electrons. The lowest BCUT2D eigenvalue weighted by Crippen LogP contribution is -2.49. The van der Waals surface area contributed by atoms with Crippen LogP contribution < -0.4 is 4.74 Å². The number of methoxy groups -OCH3 is 1. The summed E-state index contributed by atoms with van der Waals surface area (Å²) in [5.74, 6) is -1.26. The number of aliphatic hydroxyl groups is 1. The highest BCUT2D eigenvalue weighted by molar-refractivity contribution is 7.09. The number of aromatic nitrogens is 1. The largest absolute Gasteiger partial charge is 0.496 e. The summed E-state index contributed by atoms with van der Waals surface area (Å²) in [6, 6.07) is 3.80. The second-order valence-corrected chi connectivity index (χ2v) is 20.5. The number of hydrogen-bond acceptors (Lipinski definition) is 8. The number of likely N-dealkylation sites (tertiary alicyclic amines) is 1. The third-order valence-electron chi connectivity index (χ3n) is 8.46. The summed E-state index contributed by atoms with van der Waals surface area (Å²) in [4.78, 5) is 34.7. The molecular formula is C32H50N2O6SSi. The number of thiazole rings is 1. The zero-order chi connectivity index (χ0) is 31.8. The molecule has 1 aliphatic heterocycles. The average molecular weight is 619 g/mol. The molecule has 8 nitrogen and oxygen atoms in total. The van der Waals surface area contributed by atoms with E-state index in [4.69, 9.17) is 13.9 Å². The van der Waals surface area contributed by atoms with Gasteiger partial charge >= 0.3 is 5.97 Å². The van der Waals surface area contributed by atoms with Crippen molar-refractivity contribution < 1.29 is 28.6 Å². The van der Waals surface area contributed by atoms with E-state index >= 15 is 0 Å². The van der Waals surface area contributed by atoms with E-state index in [-0.39, 0.29) is 29.6 Å². The van der Waals surface area contributed by atoms with E-state index in [1.807, 2.05) is 32.2 Å². The van der Waals surface area contributed by atoms with Gasteiger partial charge in [-0.2, -0.15) is 0 Å². The molecule has 2 aromatic rings. The minimum Gasteiger partial charge on any atom is -0.496 e. The Balaban J connectivity index is 2.20. The molecule has 1 aliphatic rings. The predicted octanol–water partition coefficient (Wildman–Crippen LogP) is 6.60. The fraction of sp³-hybridized carbons (Fsp3) is 0.656. The number of carbonyl (C=O) groups excluding carboxylic acids is 2. The number of hydrogen-bond donors (Lipinski definition) is 1. The van der Waals surface area contributed by atoms with Gasteiger partial charge in [-0.3, -0.25) is 4.79 Å². The Bertz CT molecular complexity index is 1240. The zero-order valence-electron chi connectivity index (χ0n) is 27.4. The van der Waals surface area contributed by atoms with Crippen LogP contribution in [0, 0.1) is 11.8 Å². The number of benzene rings is 1. The van der Waals surface area contributed by atoms with Crippen LogP contribution in [-0.2, 0) is 19.4 Å². The lowest BCUT2D eigenvalue weighted by molar-refractivity contribution is -0.161. The first-order valence-electron chi connectivity index (χ1n) is 14.6. The summed E-state index contributed by atoms with van der Waals surface area (Å²) in [5.41, 5.74) is 0.383. The molecule has 1 saturated heterocycles. The van der Waals surface area contributed by atoms with Crippen LogP contribution in [0.15, 0.2) is 29.8 Å². The fourth-order valence-electron chi connectivity index (χ4n) is 5.20. The topological polar surface area (TPSA) is 98.2 Å². The van der Waals surface area contributed by atoms with E-state index in [0.717, 1.165) is 5.56 Å². The molecule has 3 rings (SSSR count). The number of carbonyl (C=O) groups is 2. The maximum Gasteiger partial charge on any atom is 0.329 e. The number of nitrogens with zero attached hydrogens (tertiary/aromatic N) is 2. The van der Waals surface area contributed by atoms with Gasteiger partial charge in [0.25, 0.3) is 5.91 Å². The van der Waals surface area contributed by atoms with Gasteiger partial charge in [0.1, 0.15) is 22.4 Å². The highest BCUT2D eigenvalue weighted by Crippen LogP contribution is 2.48. The van der Waals surface area contributed by atoms with Gasteiger partial charge in [0, 0.05) is 42.2 Å². The molecule has 1 aromatic heterocycles. The van der Waals surface area contributed by atoms with Crippen LogP contribution >= 0.6 is 11.3 Å². The average Bonchev–Trinajstić information content (AvgIpc) is 3.50. The first kappa shape index (κ1) is 34.2. The van der Waals surface area contributed by atoms with Gasteiger partial charge in [-0.25, -0.2) is 9.78 Å². The number of amides is 1. The van der Waals surface area contributed by atoms with Crippen LogP contribution in [0.25, 0.3) is 0 Å². The summed E-state index contributed by atoms with van der Waals surface area (Å²) < 4.78 is 18.3. The van der Waals surface area contributed by atoms with Crippen molar-refractivity contribution in [2.24, 2.45) is 11.8 Å². The third kappa shape index (κ3) is 7.26. The second kappa shape index (κ2) is 12.4. The smallest absolute Gasteiger partial charge is 0.329 e. The standard InChI is InChI=1S/C32H50N2O6SSi/c1-30(2,3)23-14-13-20(17-24(23)38-10)28(36)34-25(27-33-15-16-41-27)21(18-35)22(19-39-42(11,12)32(7,8)9)26(34)29(37)40-31(4,5)6/h13-17,21-22,25-26,35H,18-19H2,1-12H3/t21-,22-,25+,26-/m0/s1. The fourth-order valence-corrected chi connectivity index (χ4v) is 7.06. The van der Waals surface area contributed by atoms with Gasteiger partial charge < -0.3 is 23.9 Å². The maximum absolute atomic E-state index is 14.6. The molecule has 0 saturated carbocycles. The summed E-state index contributed by atoms with van der Waals surface area (Å²) in [5, 5.41) is 13.3. The molecule has 1 amide bonds. The van der Waals surface area contributed by atoms with Crippen molar-refractivity contribution in [2.45, 2.75) is 104 Å². The molecular weight excluding hydrogens is 569 g/mol. The van der Waals surface area contributed by atoms with E-state index in [0.29, 0.717) is 16.3 Å². The molecule has 1 aromatic carbocycles. The van der Waals surface area contributed by atoms with Crippen LogP contribution in [0.1, 0.15) is 89.3 Å². The highest BCUT2D eigenvalue weighted by atomic mass is 32.1. The van der Waals surface area contributed by atoms with Crippen LogP contribution in [0.2, 0.25) is 18.1 Å². The Labute approximate surface area is 256 Å². The van der Waals surface area contributed by atoms with E-state index in [1.165, 1.54) is 11.3 Å². The summed E-state index contributed by atoms with van der Waals surface area (Å²) in [7, 11) is -0.641. The lowest BCUT2D eigenvalue weighted by Gasteiger charge is -2.38. The summed E-state index contributed by atoms with van der Waals surface area (Å²) >= 11 is 1.40.